The second-order valence-corrected chi connectivity index (χ2v) is 8.33. The van der Waals surface area contributed by atoms with E-state index >= 15 is 0 Å². The van der Waals surface area contributed by atoms with Gasteiger partial charge < -0.3 is 9.26 Å². The predicted molar refractivity (Wildman–Crippen MR) is 94.5 cm³/mol. The number of benzene rings is 1. The first-order chi connectivity index (χ1) is 11.9. The third-order valence-electron chi connectivity index (χ3n) is 4.57. The average Bonchev–Trinajstić information content (AvgIpc) is 3.20. The summed E-state index contributed by atoms with van der Waals surface area (Å²) in [6.07, 6.45) is 2.22. The summed E-state index contributed by atoms with van der Waals surface area (Å²) < 4.78 is 38.4. The van der Waals surface area contributed by atoms with Crippen LogP contribution in [0.5, 0.6) is 5.75 Å². The molecule has 3 rings (SSSR count). The van der Waals surface area contributed by atoms with E-state index in [0.29, 0.717) is 18.7 Å². The number of aromatic nitrogens is 1. The first kappa shape index (κ1) is 18.2. The largest absolute Gasteiger partial charge is 0.495 e. The van der Waals surface area contributed by atoms with Crippen LogP contribution in [0.3, 0.4) is 0 Å². The van der Waals surface area contributed by atoms with Gasteiger partial charge in [-0.05, 0) is 38.0 Å². The van der Waals surface area contributed by atoms with E-state index in [-0.39, 0.29) is 16.0 Å². The van der Waals surface area contributed by atoms with Gasteiger partial charge in [0.2, 0.25) is 10.0 Å². The normalized spacial score (nSPS) is 18.6. The SMILES string of the molecule is CCc1onc(C)c1C1CCCN1S(=O)(=O)c1ccc(OC)c(Cl)c1. The molecule has 136 valence electrons. The zero-order valence-corrected chi connectivity index (χ0v) is 16.0. The fraction of sp³-hybridized carbons (Fsp3) is 0.471. The van der Waals surface area contributed by atoms with Crippen molar-refractivity contribution in [1.82, 2.24) is 9.46 Å². The number of nitrogens with zero attached hydrogens (tertiary/aromatic N) is 2. The lowest BCUT2D eigenvalue weighted by Gasteiger charge is -2.24. The topological polar surface area (TPSA) is 72.6 Å². The number of halogens is 1. The third kappa shape index (κ3) is 3.16. The molecule has 1 fully saturated rings. The van der Waals surface area contributed by atoms with Gasteiger partial charge in [-0.15, -0.1) is 0 Å². The van der Waals surface area contributed by atoms with Crippen LogP contribution in [0.15, 0.2) is 27.6 Å². The molecule has 1 atom stereocenters. The van der Waals surface area contributed by atoms with Crippen molar-refractivity contribution in [3.8, 4) is 5.75 Å². The van der Waals surface area contributed by atoms with E-state index in [9.17, 15) is 8.42 Å². The van der Waals surface area contributed by atoms with Crippen LogP contribution in [0.25, 0.3) is 0 Å². The molecule has 6 nitrogen and oxygen atoms in total. The van der Waals surface area contributed by atoms with Crippen LogP contribution in [0.2, 0.25) is 5.02 Å². The molecule has 0 spiro atoms. The predicted octanol–water partition coefficient (Wildman–Crippen LogP) is 3.73. The van der Waals surface area contributed by atoms with Gasteiger partial charge in [0.1, 0.15) is 11.5 Å². The van der Waals surface area contributed by atoms with Gasteiger partial charge in [0.25, 0.3) is 0 Å². The molecule has 1 aliphatic rings. The Morgan fingerprint density at radius 3 is 2.84 bits per heavy atom. The Balaban J connectivity index is 2.01. The van der Waals surface area contributed by atoms with Crippen molar-refractivity contribution in [2.24, 2.45) is 0 Å². The van der Waals surface area contributed by atoms with Crippen LogP contribution in [0, 0.1) is 6.92 Å². The van der Waals surface area contributed by atoms with Crippen LogP contribution in [0.1, 0.15) is 42.8 Å². The summed E-state index contributed by atoms with van der Waals surface area (Å²) in [4.78, 5) is 0.164. The van der Waals surface area contributed by atoms with Gasteiger partial charge in [-0.25, -0.2) is 8.42 Å². The second kappa shape index (κ2) is 6.97. The van der Waals surface area contributed by atoms with E-state index in [2.05, 4.69) is 5.16 Å². The van der Waals surface area contributed by atoms with Crippen LogP contribution < -0.4 is 4.74 Å². The highest BCUT2D eigenvalue weighted by molar-refractivity contribution is 7.89. The summed E-state index contributed by atoms with van der Waals surface area (Å²) in [6.45, 7) is 4.29. The number of hydrogen-bond donors (Lipinski definition) is 0. The zero-order chi connectivity index (χ0) is 18.2. The Labute approximate surface area is 152 Å². The molecule has 0 aliphatic carbocycles. The maximum Gasteiger partial charge on any atom is 0.243 e. The van der Waals surface area contributed by atoms with Crippen LogP contribution >= 0.6 is 11.6 Å². The molecular formula is C17H21ClN2O4S. The summed E-state index contributed by atoms with van der Waals surface area (Å²) in [5.41, 5.74) is 1.64. The van der Waals surface area contributed by atoms with Gasteiger partial charge in [0, 0.05) is 18.5 Å². The monoisotopic (exact) mass is 384 g/mol. The van der Waals surface area contributed by atoms with E-state index in [4.69, 9.17) is 20.9 Å². The number of methoxy groups -OCH3 is 1. The molecule has 25 heavy (non-hydrogen) atoms. The third-order valence-corrected chi connectivity index (χ3v) is 6.77. The van der Waals surface area contributed by atoms with E-state index in [1.54, 1.807) is 6.07 Å². The summed E-state index contributed by atoms with van der Waals surface area (Å²) in [6, 6.07) is 4.28. The van der Waals surface area contributed by atoms with Gasteiger partial charge in [-0.1, -0.05) is 23.7 Å². The lowest BCUT2D eigenvalue weighted by molar-refractivity contribution is 0.368. The van der Waals surface area contributed by atoms with E-state index in [1.165, 1.54) is 23.5 Å². The summed E-state index contributed by atoms with van der Waals surface area (Å²) in [5.74, 6) is 1.19. The van der Waals surface area contributed by atoms with Crippen molar-refractivity contribution in [2.45, 2.75) is 44.0 Å². The smallest absolute Gasteiger partial charge is 0.243 e. The number of sulfonamides is 1. The lowest BCUT2D eigenvalue weighted by atomic mass is 10.0. The van der Waals surface area contributed by atoms with E-state index in [0.717, 1.165) is 29.9 Å². The van der Waals surface area contributed by atoms with Gasteiger partial charge in [0.15, 0.2) is 0 Å². The molecule has 2 heterocycles. The van der Waals surface area contributed by atoms with Gasteiger partial charge in [-0.3, -0.25) is 0 Å². The summed E-state index contributed by atoms with van der Waals surface area (Å²) in [5, 5.41) is 4.30. The standard InChI is InChI=1S/C17H21ClN2O4S/c1-4-15-17(11(2)19-24-15)14-6-5-9-20(14)25(21,22)12-7-8-16(23-3)13(18)10-12/h7-8,10,14H,4-6,9H2,1-3H3. The molecule has 1 aromatic carbocycles. The molecule has 1 aliphatic heterocycles. The Morgan fingerprint density at radius 1 is 1.44 bits per heavy atom. The molecule has 1 saturated heterocycles. The minimum absolute atomic E-state index is 0.164. The molecule has 0 saturated carbocycles. The molecule has 2 aromatic rings. The second-order valence-electron chi connectivity index (χ2n) is 6.03. The highest BCUT2D eigenvalue weighted by Crippen LogP contribution is 2.40. The Bertz CT molecular complexity index is 879. The number of aryl methyl sites for hydroxylation is 2. The maximum atomic E-state index is 13.2. The molecule has 0 amide bonds. The molecule has 0 bridgehead atoms. The maximum absolute atomic E-state index is 13.2. The number of ether oxygens (including phenoxy) is 1. The van der Waals surface area contributed by atoms with Crippen LogP contribution in [-0.4, -0.2) is 31.5 Å². The molecule has 0 N–H and O–H groups in total. The van der Waals surface area contributed by atoms with Crippen LogP contribution in [0.4, 0.5) is 0 Å². The zero-order valence-electron chi connectivity index (χ0n) is 14.5. The quantitative estimate of drug-likeness (QED) is 0.785. The summed E-state index contributed by atoms with van der Waals surface area (Å²) >= 11 is 6.12. The Morgan fingerprint density at radius 2 is 2.20 bits per heavy atom. The molecule has 0 radical (unpaired) electrons. The average molecular weight is 385 g/mol. The van der Waals surface area contributed by atoms with Crippen molar-refractivity contribution in [3.05, 3.63) is 40.2 Å². The fourth-order valence-electron chi connectivity index (χ4n) is 3.36. The first-order valence-corrected chi connectivity index (χ1v) is 10.0. The van der Waals surface area contributed by atoms with E-state index < -0.39 is 10.0 Å². The van der Waals surface area contributed by atoms with Gasteiger partial charge >= 0.3 is 0 Å². The lowest BCUT2D eigenvalue weighted by Crippen LogP contribution is -2.31. The molecule has 8 heteroatoms. The van der Waals surface area contributed by atoms with Crippen molar-refractivity contribution >= 4 is 21.6 Å². The number of hydrogen-bond acceptors (Lipinski definition) is 5. The van der Waals surface area contributed by atoms with Crippen molar-refractivity contribution in [3.63, 3.8) is 0 Å². The fourth-order valence-corrected chi connectivity index (χ4v) is 5.38. The van der Waals surface area contributed by atoms with Gasteiger partial charge in [0.05, 0.1) is 28.8 Å². The molecular weight excluding hydrogens is 364 g/mol. The van der Waals surface area contributed by atoms with Crippen LogP contribution in [-0.2, 0) is 16.4 Å². The van der Waals surface area contributed by atoms with Crippen molar-refractivity contribution in [1.29, 1.82) is 0 Å². The first-order valence-electron chi connectivity index (χ1n) is 8.20. The highest BCUT2D eigenvalue weighted by Gasteiger charge is 2.39. The van der Waals surface area contributed by atoms with E-state index in [1.807, 2.05) is 13.8 Å². The molecule has 1 aromatic heterocycles. The minimum Gasteiger partial charge on any atom is -0.495 e. The van der Waals surface area contributed by atoms with Crippen molar-refractivity contribution in [2.75, 3.05) is 13.7 Å². The Kier molecular flexibility index (Phi) is 5.09. The molecule has 1 unspecified atom stereocenters. The number of rotatable bonds is 5. The summed E-state index contributed by atoms with van der Waals surface area (Å²) in [7, 11) is -2.19. The Hall–Kier alpha value is -1.57. The van der Waals surface area contributed by atoms with Gasteiger partial charge in [-0.2, -0.15) is 4.31 Å². The van der Waals surface area contributed by atoms with Crippen molar-refractivity contribution < 1.29 is 17.7 Å². The minimum atomic E-state index is -3.68. The highest BCUT2D eigenvalue weighted by atomic mass is 35.5.